The molecule has 0 amide bonds. The third-order valence-electron chi connectivity index (χ3n) is 12.7. The molecule has 1 spiro atoms. The number of anilines is 8. The van der Waals surface area contributed by atoms with Gasteiger partial charge in [-0.3, -0.25) is 0 Å². The normalized spacial score (nSPS) is 20.4. The summed E-state index contributed by atoms with van der Waals surface area (Å²) in [7, 11) is 0. The van der Waals surface area contributed by atoms with Gasteiger partial charge < -0.3 is 20.0 Å². The molecule has 1 N–H and O–H groups in total. The average Bonchev–Trinajstić information content (AvgIpc) is 3.62. The van der Waals surface area contributed by atoms with E-state index in [2.05, 4.69) is 163 Å². The molecule has 0 fully saturated rings. The van der Waals surface area contributed by atoms with Crippen molar-refractivity contribution in [3.63, 3.8) is 0 Å². The van der Waals surface area contributed by atoms with E-state index in [4.69, 9.17) is 32.6 Å². The van der Waals surface area contributed by atoms with Gasteiger partial charge in [-0.1, -0.05) is 120 Å². The quantitative estimate of drug-likeness (QED) is 0.167. The zero-order valence-corrected chi connectivity index (χ0v) is 36.5. The lowest BCUT2D eigenvalue weighted by Crippen LogP contribution is -2.62. The number of fused-ring (bicyclic) bond motifs is 10. The highest BCUT2D eigenvalue weighted by atomic mass is 32.1. The van der Waals surface area contributed by atoms with Crippen LogP contribution in [0.3, 0.4) is 0 Å². The molecule has 0 radical (unpaired) electrons. The summed E-state index contributed by atoms with van der Waals surface area (Å²) in [5.74, 6) is 3.17. The molecule has 3 aliphatic heterocycles. The van der Waals surface area contributed by atoms with E-state index >= 15 is 0 Å². The lowest BCUT2D eigenvalue weighted by atomic mass is 9.50. The molecule has 10 rings (SSSR count). The van der Waals surface area contributed by atoms with Crippen LogP contribution < -0.4 is 30.7 Å². The number of thiol groups is 1. The van der Waals surface area contributed by atoms with Gasteiger partial charge in [0.05, 0.1) is 21.7 Å². The molecule has 0 saturated carbocycles. The zero-order chi connectivity index (χ0) is 41.9. The number of benzene rings is 5. The molecule has 302 valence electrons. The van der Waals surface area contributed by atoms with Gasteiger partial charge in [0, 0.05) is 45.5 Å². The predicted molar refractivity (Wildman–Crippen MR) is 252 cm³/mol. The number of hydrogen-bond acceptors (Lipinski definition) is 9. The van der Waals surface area contributed by atoms with Crippen molar-refractivity contribution in [2.45, 2.75) is 71.9 Å². The lowest BCUT2D eigenvalue weighted by molar-refractivity contribution is 0.120. The second-order valence-electron chi connectivity index (χ2n) is 16.3. The molecule has 0 bridgehead atoms. The zero-order valence-electron chi connectivity index (χ0n) is 35.6. The maximum Gasteiger partial charge on any atom is 0.179 e. The highest BCUT2D eigenvalue weighted by molar-refractivity contribution is 7.80. The smallest absolute Gasteiger partial charge is 0.179 e. The van der Waals surface area contributed by atoms with Crippen molar-refractivity contribution in [1.29, 1.82) is 0 Å². The highest BCUT2D eigenvalue weighted by Crippen LogP contribution is 2.65. The SMILES string of the molecule is C/C=c1/nc2c(n/c1=C/C)N(c1ccccc1)CC(C)(C)C1(c3ccccc3N2)c2ccccc2N2c3nc4cc(C)c(S)cc4nc3N(c3ccccc3)C2C1C.CC. The van der Waals surface area contributed by atoms with Crippen LogP contribution in [0.2, 0.25) is 0 Å². The first kappa shape index (κ1) is 39.3. The van der Waals surface area contributed by atoms with E-state index in [0.29, 0.717) is 6.54 Å². The van der Waals surface area contributed by atoms with Crippen molar-refractivity contribution >= 4 is 81.8 Å². The Hall–Kier alpha value is -6.19. The third-order valence-corrected chi connectivity index (χ3v) is 13.2. The number of rotatable bonds is 2. The fourth-order valence-corrected chi connectivity index (χ4v) is 10.5. The van der Waals surface area contributed by atoms with Crippen molar-refractivity contribution < 1.29 is 0 Å². The first-order chi connectivity index (χ1) is 29.2. The maximum atomic E-state index is 5.47. The van der Waals surface area contributed by atoms with E-state index in [1.165, 1.54) is 11.1 Å². The van der Waals surface area contributed by atoms with Gasteiger partial charge in [-0.15, -0.1) is 12.6 Å². The van der Waals surface area contributed by atoms with Crippen LogP contribution in [-0.2, 0) is 5.41 Å². The van der Waals surface area contributed by atoms with E-state index in [0.717, 1.165) is 78.2 Å². The van der Waals surface area contributed by atoms with E-state index in [-0.39, 0.29) is 12.1 Å². The first-order valence-corrected chi connectivity index (χ1v) is 21.5. The second kappa shape index (κ2) is 15.1. The Morgan fingerprint density at radius 3 is 1.92 bits per heavy atom. The molecule has 60 heavy (non-hydrogen) atoms. The second-order valence-corrected chi connectivity index (χ2v) is 16.8. The minimum Gasteiger partial charge on any atom is -0.337 e. The van der Waals surface area contributed by atoms with Gasteiger partial charge in [-0.25, -0.2) is 19.9 Å². The third kappa shape index (κ3) is 5.80. The van der Waals surface area contributed by atoms with Crippen molar-refractivity contribution in [2.75, 3.05) is 26.6 Å². The molecule has 0 aliphatic carbocycles. The summed E-state index contributed by atoms with van der Waals surface area (Å²) >= 11 is 4.80. The van der Waals surface area contributed by atoms with Gasteiger partial charge in [0.15, 0.2) is 23.3 Å². The minimum atomic E-state index is -0.591. The van der Waals surface area contributed by atoms with E-state index < -0.39 is 10.8 Å². The Labute approximate surface area is 358 Å². The van der Waals surface area contributed by atoms with Crippen LogP contribution in [0.4, 0.5) is 46.0 Å². The molecule has 5 aromatic carbocycles. The van der Waals surface area contributed by atoms with Gasteiger partial charge in [-0.2, -0.15) is 0 Å². The molecule has 0 saturated heterocycles. The van der Waals surface area contributed by atoms with Crippen molar-refractivity contribution in [2.24, 2.45) is 11.3 Å². The molecule has 9 heteroatoms. The monoisotopic (exact) mass is 808 g/mol. The summed E-state index contributed by atoms with van der Waals surface area (Å²) in [5.41, 5.74) is 8.42. The summed E-state index contributed by atoms with van der Waals surface area (Å²) in [4.78, 5) is 29.8. The molecular formula is C51H52N8S. The molecule has 3 unspecified atom stereocenters. The topological polar surface area (TPSA) is 73.3 Å². The molecular weight excluding hydrogens is 757 g/mol. The molecule has 8 nitrogen and oxygen atoms in total. The maximum absolute atomic E-state index is 5.47. The predicted octanol–water partition coefficient (Wildman–Crippen LogP) is 11.1. The molecule has 3 aliphatic rings. The number of aryl methyl sites for hydroxylation is 1. The average molecular weight is 809 g/mol. The van der Waals surface area contributed by atoms with Crippen LogP contribution in [0.25, 0.3) is 23.2 Å². The van der Waals surface area contributed by atoms with Crippen LogP contribution in [0.1, 0.15) is 65.2 Å². The van der Waals surface area contributed by atoms with E-state index in [1.807, 2.05) is 45.9 Å². The fraction of sp³-hybridized carbons (Fsp3) is 0.255. The van der Waals surface area contributed by atoms with Gasteiger partial charge in [0.25, 0.3) is 0 Å². The fourth-order valence-electron chi connectivity index (χ4n) is 10.3. The Kier molecular flexibility index (Phi) is 9.90. The molecule has 7 aromatic rings. The molecule has 5 heterocycles. The summed E-state index contributed by atoms with van der Waals surface area (Å²) in [5, 5.41) is 5.61. The summed E-state index contributed by atoms with van der Waals surface area (Å²) in [6.45, 7) is 18.1. The standard InChI is InChI=1S/C49H46N8S.C2H6/c1-7-36-37(8-2)52-44-43(50-36)51-38-25-17-15-23-34(38)49(48(5,6)29-55(44)32-19-11-9-12-20-32)31(4)47-56(33-21-13-10-14-22-33)45-46(57(47)41-26-18-16-24-35(41)49)53-39-27-30(3)42(58)28-40(39)54-45;1-2/h7-28,31,47,58H,29H2,1-6H3,(H,50,51);1-2H3/b36-7+,37-8+;. The van der Waals surface area contributed by atoms with E-state index in [9.17, 15) is 0 Å². The van der Waals surface area contributed by atoms with Gasteiger partial charge in [0.1, 0.15) is 6.17 Å². The number of nitrogens with one attached hydrogen (secondary N) is 1. The summed E-state index contributed by atoms with van der Waals surface area (Å²) < 4.78 is 0. The number of nitrogens with zero attached hydrogens (tertiary/aromatic N) is 7. The Bertz CT molecular complexity index is 2880. The van der Waals surface area contributed by atoms with Gasteiger partial charge in [-0.05, 0) is 91.4 Å². The number of hydrogen-bond donors (Lipinski definition) is 2. The Morgan fingerprint density at radius 1 is 0.667 bits per heavy atom. The van der Waals surface area contributed by atoms with Crippen LogP contribution in [0.15, 0.2) is 126 Å². The van der Waals surface area contributed by atoms with Crippen molar-refractivity contribution in [1.82, 2.24) is 19.9 Å². The number of aromatic nitrogens is 4. The Morgan fingerprint density at radius 2 is 1.23 bits per heavy atom. The van der Waals surface area contributed by atoms with E-state index in [1.54, 1.807) is 0 Å². The van der Waals surface area contributed by atoms with Crippen LogP contribution in [-0.4, -0.2) is 32.6 Å². The van der Waals surface area contributed by atoms with Gasteiger partial charge in [0.2, 0.25) is 0 Å². The largest absolute Gasteiger partial charge is 0.337 e. The van der Waals surface area contributed by atoms with Gasteiger partial charge >= 0.3 is 0 Å². The van der Waals surface area contributed by atoms with Crippen LogP contribution in [0.5, 0.6) is 0 Å². The highest BCUT2D eigenvalue weighted by Gasteiger charge is 2.63. The summed E-state index contributed by atoms with van der Waals surface area (Å²) in [6.07, 6.45) is 3.89. The van der Waals surface area contributed by atoms with Crippen molar-refractivity contribution in [3.8, 4) is 0 Å². The molecule has 2 aromatic heterocycles. The first-order valence-electron chi connectivity index (χ1n) is 21.1. The van der Waals surface area contributed by atoms with Crippen LogP contribution in [0, 0.1) is 18.3 Å². The molecule has 3 atom stereocenters. The Balaban J connectivity index is 0.00000228. The number of para-hydroxylation sites is 4. The minimum absolute atomic E-state index is 0.0410. The lowest BCUT2D eigenvalue weighted by Gasteiger charge is -2.59. The summed E-state index contributed by atoms with van der Waals surface area (Å²) in [6, 6.07) is 43.3. The van der Waals surface area contributed by atoms with Crippen LogP contribution >= 0.6 is 12.6 Å². The van der Waals surface area contributed by atoms with Crippen molar-refractivity contribution in [3.05, 3.63) is 149 Å².